The van der Waals surface area contributed by atoms with Crippen LogP contribution in [0.25, 0.3) is 10.8 Å². The summed E-state index contributed by atoms with van der Waals surface area (Å²) in [7, 11) is 0. The van der Waals surface area contributed by atoms with Crippen molar-refractivity contribution >= 4 is 38.8 Å². The molecule has 0 fully saturated rings. The third-order valence-electron chi connectivity index (χ3n) is 3.26. The fourth-order valence-electron chi connectivity index (χ4n) is 2.12. The molecule has 0 radical (unpaired) electrons. The summed E-state index contributed by atoms with van der Waals surface area (Å²) in [6, 6.07) is 17.2. The molecule has 3 rings (SSSR count). The number of aromatic nitrogens is 1. The molecule has 1 amide bonds. The zero-order valence-electron chi connectivity index (χ0n) is 12.6. The Morgan fingerprint density at radius 3 is 2.83 bits per heavy atom. The van der Waals surface area contributed by atoms with E-state index in [1.54, 1.807) is 12.3 Å². The summed E-state index contributed by atoms with van der Waals surface area (Å²) >= 11 is 3.52. The number of hydrogen-bond donors (Lipinski definition) is 1. The van der Waals surface area contributed by atoms with Gasteiger partial charge in [0, 0.05) is 6.20 Å². The third-order valence-corrected chi connectivity index (χ3v) is 4.08. The van der Waals surface area contributed by atoms with Gasteiger partial charge in [-0.3, -0.25) is 9.78 Å². The van der Waals surface area contributed by atoms with Crippen LogP contribution in [0.5, 0.6) is 5.75 Å². The Balaban J connectivity index is 1.58. The molecule has 0 bridgehead atoms. The van der Waals surface area contributed by atoms with Gasteiger partial charge in [0.1, 0.15) is 5.75 Å². The lowest BCUT2D eigenvalue weighted by molar-refractivity contribution is -0.123. The second-order valence-corrected chi connectivity index (χ2v) is 5.73. The van der Waals surface area contributed by atoms with E-state index in [0.717, 1.165) is 15.2 Å². The number of carbonyl (C=O) groups is 1. The van der Waals surface area contributed by atoms with Crippen molar-refractivity contribution in [3.8, 4) is 5.75 Å². The van der Waals surface area contributed by atoms with E-state index in [4.69, 9.17) is 4.74 Å². The Morgan fingerprint density at radius 2 is 2.00 bits per heavy atom. The van der Waals surface area contributed by atoms with Crippen LogP contribution >= 0.6 is 15.9 Å². The van der Waals surface area contributed by atoms with Crippen molar-refractivity contribution in [2.24, 2.45) is 5.10 Å². The number of rotatable bonds is 5. The topological polar surface area (TPSA) is 63.6 Å². The van der Waals surface area contributed by atoms with E-state index in [-0.39, 0.29) is 12.5 Å². The van der Waals surface area contributed by atoms with E-state index < -0.39 is 0 Å². The largest absolute Gasteiger partial charge is 0.483 e. The van der Waals surface area contributed by atoms with Gasteiger partial charge in [0.25, 0.3) is 5.91 Å². The number of amides is 1. The fourth-order valence-corrected chi connectivity index (χ4v) is 2.73. The van der Waals surface area contributed by atoms with Gasteiger partial charge >= 0.3 is 0 Å². The minimum absolute atomic E-state index is 0.128. The van der Waals surface area contributed by atoms with Crippen molar-refractivity contribution in [1.82, 2.24) is 10.4 Å². The minimum atomic E-state index is -0.345. The van der Waals surface area contributed by atoms with Gasteiger partial charge < -0.3 is 4.74 Å². The third kappa shape index (κ3) is 3.97. The van der Waals surface area contributed by atoms with Gasteiger partial charge in [-0.2, -0.15) is 5.10 Å². The molecule has 0 unspecified atom stereocenters. The van der Waals surface area contributed by atoms with Crippen LogP contribution in [-0.2, 0) is 4.79 Å². The molecule has 24 heavy (non-hydrogen) atoms. The molecule has 0 aliphatic heterocycles. The molecule has 0 aliphatic rings. The zero-order valence-corrected chi connectivity index (χ0v) is 14.2. The van der Waals surface area contributed by atoms with Crippen molar-refractivity contribution in [3.05, 3.63) is 71.0 Å². The maximum Gasteiger partial charge on any atom is 0.277 e. The average Bonchev–Trinajstić information content (AvgIpc) is 2.62. The Morgan fingerprint density at radius 1 is 1.17 bits per heavy atom. The van der Waals surface area contributed by atoms with E-state index in [2.05, 4.69) is 31.4 Å². The van der Waals surface area contributed by atoms with Gasteiger partial charge in [0.05, 0.1) is 16.4 Å². The van der Waals surface area contributed by atoms with Crippen LogP contribution in [0.4, 0.5) is 0 Å². The highest BCUT2D eigenvalue weighted by Gasteiger charge is 2.08. The van der Waals surface area contributed by atoms with E-state index in [0.29, 0.717) is 11.4 Å². The van der Waals surface area contributed by atoms with Crippen LogP contribution < -0.4 is 10.2 Å². The normalized spacial score (nSPS) is 10.9. The number of fused-ring (bicyclic) bond motifs is 1. The van der Waals surface area contributed by atoms with Crippen molar-refractivity contribution < 1.29 is 9.53 Å². The first-order chi connectivity index (χ1) is 11.7. The summed E-state index contributed by atoms with van der Waals surface area (Å²) in [6.07, 6.45) is 3.13. The van der Waals surface area contributed by atoms with Crippen LogP contribution in [0.1, 0.15) is 5.69 Å². The highest BCUT2D eigenvalue weighted by atomic mass is 79.9. The average molecular weight is 384 g/mol. The highest BCUT2D eigenvalue weighted by Crippen LogP contribution is 2.32. The SMILES string of the molecule is O=C(COc1ccc2ccccc2c1Br)N/N=C/c1ccccn1. The molecule has 0 aliphatic carbocycles. The molecule has 0 atom stereocenters. The standard InChI is InChI=1S/C18H14BrN3O2/c19-18-15-7-2-1-5-13(15)8-9-16(18)24-12-17(23)22-21-11-14-6-3-4-10-20-14/h1-11H,12H2,(H,22,23)/b21-11+. The van der Waals surface area contributed by atoms with Gasteiger partial charge in [-0.15, -0.1) is 0 Å². The van der Waals surface area contributed by atoms with Crippen LogP contribution in [-0.4, -0.2) is 23.7 Å². The van der Waals surface area contributed by atoms with Gasteiger partial charge in [-0.1, -0.05) is 36.4 Å². The Kier molecular flexibility index (Phi) is 5.18. The van der Waals surface area contributed by atoms with Crippen LogP contribution in [0.15, 0.2) is 70.4 Å². The predicted molar refractivity (Wildman–Crippen MR) is 97.1 cm³/mol. The number of hydrogen-bond acceptors (Lipinski definition) is 4. The predicted octanol–water partition coefficient (Wildman–Crippen LogP) is 3.53. The van der Waals surface area contributed by atoms with E-state index in [9.17, 15) is 4.79 Å². The molecule has 0 saturated carbocycles. The van der Waals surface area contributed by atoms with E-state index in [1.807, 2.05) is 48.5 Å². The lowest BCUT2D eigenvalue weighted by Gasteiger charge is -2.09. The van der Waals surface area contributed by atoms with E-state index in [1.165, 1.54) is 6.21 Å². The number of hydrazone groups is 1. The number of carbonyl (C=O) groups excluding carboxylic acids is 1. The maximum absolute atomic E-state index is 11.8. The molecule has 0 spiro atoms. The smallest absolute Gasteiger partial charge is 0.277 e. The Labute approximate surface area is 147 Å². The van der Waals surface area contributed by atoms with Crippen molar-refractivity contribution in [2.75, 3.05) is 6.61 Å². The number of pyridine rings is 1. The number of ether oxygens (including phenoxy) is 1. The first-order valence-corrected chi connectivity index (χ1v) is 8.06. The molecule has 1 aromatic heterocycles. The summed E-state index contributed by atoms with van der Waals surface area (Å²) in [6.45, 7) is -0.128. The fraction of sp³-hybridized carbons (Fsp3) is 0.0556. The molecule has 6 heteroatoms. The number of nitrogens with zero attached hydrogens (tertiary/aromatic N) is 2. The number of nitrogens with one attached hydrogen (secondary N) is 1. The Hall–Kier alpha value is -2.73. The van der Waals surface area contributed by atoms with Gasteiger partial charge in [0.15, 0.2) is 6.61 Å². The maximum atomic E-state index is 11.8. The highest BCUT2D eigenvalue weighted by molar-refractivity contribution is 9.10. The lowest BCUT2D eigenvalue weighted by Crippen LogP contribution is -2.24. The first-order valence-electron chi connectivity index (χ1n) is 7.27. The first kappa shape index (κ1) is 16.1. The Bertz CT molecular complexity index is 882. The summed E-state index contributed by atoms with van der Waals surface area (Å²) in [5.74, 6) is 0.264. The van der Waals surface area contributed by atoms with Crippen molar-refractivity contribution in [1.29, 1.82) is 0 Å². The molecule has 1 heterocycles. The molecule has 2 aromatic carbocycles. The zero-order chi connectivity index (χ0) is 16.8. The van der Waals surface area contributed by atoms with Crippen molar-refractivity contribution in [2.45, 2.75) is 0 Å². The van der Waals surface area contributed by atoms with Crippen LogP contribution in [0.3, 0.4) is 0 Å². The van der Waals surface area contributed by atoms with E-state index >= 15 is 0 Å². The second-order valence-electron chi connectivity index (χ2n) is 4.94. The second kappa shape index (κ2) is 7.70. The molecule has 120 valence electrons. The number of benzene rings is 2. The molecule has 0 saturated heterocycles. The summed E-state index contributed by atoms with van der Waals surface area (Å²) in [4.78, 5) is 15.9. The molecular weight excluding hydrogens is 370 g/mol. The quantitative estimate of drug-likeness (QED) is 0.541. The summed E-state index contributed by atoms with van der Waals surface area (Å²) in [5, 5.41) is 5.98. The van der Waals surface area contributed by atoms with Gasteiger partial charge in [0.2, 0.25) is 0 Å². The van der Waals surface area contributed by atoms with Crippen molar-refractivity contribution in [3.63, 3.8) is 0 Å². The van der Waals surface area contributed by atoms with Crippen LogP contribution in [0.2, 0.25) is 0 Å². The minimum Gasteiger partial charge on any atom is -0.483 e. The molecule has 5 nitrogen and oxygen atoms in total. The lowest BCUT2D eigenvalue weighted by atomic mass is 10.1. The molecule has 3 aromatic rings. The van der Waals surface area contributed by atoms with Gasteiger partial charge in [-0.25, -0.2) is 5.43 Å². The van der Waals surface area contributed by atoms with Gasteiger partial charge in [-0.05, 0) is 44.9 Å². The summed E-state index contributed by atoms with van der Waals surface area (Å²) in [5.41, 5.74) is 3.07. The molecular formula is C18H14BrN3O2. The molecule has 1 N–H and O–H groups in total. The monoisotopic (exact) mass is 383 g/mol. The van der Waals surface area contributed by atoms with Crippen LogP contribution in [0, 0.1) is 0 Å². The number of halogens is 1. The summed E-state index contributed by atoms with van der Waals surface area (Å²) < 4.78 is 6.39.